The molecule has 2 aliphatic rings. The molecule has 19 heavy (non-hydrogen) atoms. The second-order valence-electron chi connectivity index (χ2n) is 5.39. The van der Waals surface area contributed by atoms with Crippen molar-refractivity contribution in [2.45, 2.75) is 31.9 Å². The van der Waals surface area contributed by atoms with Gasteiger partial charge in [0.1, 0.15) is 6.61 Å². The molecule has 3 rings (SSSR count). The molecule has 0 N–H and O–H groups in total. The highest BCUT2D eigenvalue weighted by Crippen LogP contribution is 2.36. The number of fused-ring (bicyclic) bond motifs is 1. The maximum absolute atomic E-state index is 12.4. The zero-order valence-corrected chi connectivity index (χ0v) is 11.3. The van der Waals surface area contributed by atoms with E-state index in [-0.39, 0.29) is 18.6 Å². The van der Waals surface area contributed by atoms with Gasteiger partial charge in [-0.1, -0.05) is 12.1 Å². The first-order chi connectivity index (χ1) is 9.16. The summed E-state index contributed by atoms with van der Waals surface area (Å²) in [7, 11) is 1.86. The van der Waals surface area contributed by atoms with Crippen molar-refractivity contribution in [1.82, 2.24) is 4.90 Å². The molecule has 4 nitrogen and oxygen atoms in total. The van der Waals surface area contributed by atoms with Gasteiger partial charge in [0, 0.05) is 13.1 Å². The Morgan fingerprint density at radius 3 is 2.68 bits per heavy atom. The second kappa shape index (κ2) is 4.76. The maximum Gasteiger partial charge on any atom is 0.267 e. The number of benzene rings is 1. The number of hydrogen-bond donors (Lipinski definition) is 0. The van der Waals surface area contributed by atoms with E-state index < -0.39 is 6.10 Å². The lowest BCUT2D eigenvalue weighted by Gasteiger charge is -2.31. The lowest BCUT2D eigenvalue weighted by atomic mass is 10.1. The van der Waals surface area contributed by atoms with E-state index in [2.05, 4.69) is 6.92 Å². The fourth-order valence-electron chi connectivity index (χ4n) is 2.46. The number of hydrogen-bond acceptors (Lipinski definition) is 3. The van der Waals surface area contributed by atoms with Gasteiger partial charge in [-0.15, -0.1) is 0 Å². The molecule has 4 heteroatoms. The molecule has 0 radical (unpaired) electrons. The Kier molecular flexibility index (Phi) is 3.09. The van der Waals surface area contributed by atoms with Gasteiger partial charge >= 0.3 is 0 Å². The fourth-order valence-corrected chi connectivity index (χ4v) is 2.46. The van der Waals surface area contributed by atoms with Crippen LogP contribution in [-0.2, 0) is 4.79 Å². The van der Waals surface area contributed by atoms with Gasteiger partial charge < -0.3 is 14.4 Å². The number of para-hydroxylation sites is 2. The van der Waals surface area contributed by atoms with E-state index in [4.69, 9.17) is 9.47 Å². The molecule has 1 amide bonds. The van der Waals surface area contributed by atoms with Gasteiger partial charge in [-0.25, -0.2) is 0 Å². The van der Waals surface area contributed by atoms with Crippen LogP contribution in [0, 0.1) is 5.92 Å². The molecule has 2 unspecified atom stereocenters. The third-order valence-electron chi connectivity index (χ3n) is 4.05. The predicted molar refractivity (Wildman–Crippen MR) is 71.3 cm³/mol. The zero-order chi connectivity index (χ0) is 13.4. The summed E-state index contributed by atoms with van der Waals surface area (Å²) < 4.78 is 11.3. The Morgan fingerprint density at radius 1 is 1.32 bits per heavy atom. The SMILES string of the molecule is CC(C1CC1)N(C)C(=O)C1COc2ccccc2O1. The van der Waals surface area contributed by atoms with Crippen molar-refractivity contribution >= 4 is 5.91 Å². The van der Waals surface area contributed by atoms with Crippen LogP contribution in [0.15, 0.2) is 24.3 Å². The Hall–Kier alpha value is -1.71. The molecule has 0 bridgehead atoms. The van der Waals surface area contributed by atoms with Gasteiger partial charge in [-0.2, -0.15) is 0 Å². The molecule has 102 valence electrons. The summed E-state index contributed by atoms with van der Waals surface area (Å²) in [5, 5.41) is 0. The maximum atomic E-state index is 12.4. The minimum atomic E-state index is -0.527. The van der Waals surface area contributed by atoms with Gasteiger partial charge in [-0.3, -0.25) is 4.79 Å². The van der Waals surface area contributed by atoms with E-state index in [9.17, 15) is 4.79 Å². The number of carbonyl (C=O) groups is 1. The Balaban J connectivity index is 1.68. The summed E-state index contributed by atoms with van der Waals surface area (Å²) in [5.41, 5.74) is 0. The standard InChI is InChI=1S/C15H19NO3/c1-10(11-7-8-11)16(2)15(17)14-9-18-12-5-3-4-6-13(12)19-14/h3-6,10-11,14H,7-9H2,1-2H3. The van der Waals surface area contributed by atoms with Crippen LogP contribution >= 0.6 is 0 Å². The summed E-state index contributed by atoms with van der Waals surface area (Å²) >= 11 is 0. The van der Waals surface area contributed by atoms with Crippen LogP contribution in [0.25, 0.3) is 0 Å². The van der Waals surface area contributed by atoms with Crippen LogP contribution in [0.1, 0.15) is 19.8 Å². The van der Waals surface area contributed by atoms with Gasteiger partial charge in [0.25, 0.3) is 5.91 Å². The lowest BCUT2D eigenvalue weighted by molar-refractivity contribution is -0.142. The largest absolute Gasteiger partial charge is 0.485 e. The topological polar surface area (TPSA) is 38.8 Å². The summed E-state index contributed by atoms with van der Waals surface area (Å²) in [5.74, 6) is 2.03. The molecule has 0 aromatic heterocycles. The van der Waals surface area contributed by atoms with E-state index in [0.717, 1.165) is 0 Å². The van der Waals surface area contributed by atoms with Gasteiger partial charge in [-0.05, 0) is 37.8 Å². The molecule has 1 aromatic carbocycles. The van der Waals surface area contributed by atoms with Crippen LogP contribution < -0.4 is 9.47 Å². The molecule has 1 aliphatic heterocycles. The summed E-state index contributed by atoms with van der Waals surface area (Å²) in [6.07, 6.45) is 1.92. The molecule has 1 saturated carbocycles. The van der Waals surface area contributed by atoms with Crippen molar-refractivity contribution < 1.29 is 14.3 Å². The smallest absolute Gasteiger partial charge is 0.267 e. The normalized spacial score (nSPS) is 22.7. The minimum absolute atomic E-state index is 0.00824. The van der Waals surface area contributed by atoms with Gasteiger partial charge in [0.2, 0.25) is 6.10 Å². The third kappa shape index (κ3) is 2.39. The first kappa shape index (κ1) is 12.3. The number of likely N-dealkylation sites (N-methyl/N-ethyl adjacent to an activating group) is 1. The average molecular weight is 261 g/mol. The third-order valence-corrected chi connectivity index (χ3v) is 4.05. The number of nitrogens with zero attached hydrogens (tertiary/aromatic N) is 1. The number of rotatable bonds is 3. The first-order valence-corrected chi connectivity index (χ1v) is 6.82. The average Bonchev–Trinajstić information content (AvgIpc) is 3.29. The molecule has 0 saturated heterocycles. The molecular formula is C15H19NO3. The van der Waals surface area contributed by atoms with Crippen molar-refractivity contribution in [2.75, 3.05) is 13.7 Å². The Labute approximate surface area is 113 Å². The molecule has 1 aromatic rings. The van der Waals surface area contributed by atoms with Crippen molar-refractivity contribution in [2.24, 2.45) is 5.92 Å². The van der Waals surface area contributed by atoms with E-state index in [1.165, 1.54) is 12.8 Å². The van der Waals surface area contributed by atoms with Crippen LogP contribution in [0.3, 0.4) is 0 Å². The van der Waals surface area contributed by atoms with Crippen LogP contribution in [0.2, 0.25) is 0 Å². The summed E-state index contributed by atoms with van der Waals surface area (Å²) in [6, 6.07) is 7.75. The highest BCUT2D eigenvalue weighted by molar-refractivity contribution is 5.82. The number of ether oxygens (including phenoxy) is 2. The van der Waals surface area contributed by atoms with E-state index in [1.54, 1.807) is 4.90 Å². The highest BCUT2D eigenvalue weighted by atomic mass is 16.6. The Morgan fingerprint density at radius 2 is 2.00 bits per heavy atom. The number of carbonyl (C=O) groups excluding carboxylic acids is 1. The van der Waals surface area contributed by atoms with Crippen molar-refractivity contribution in [1.29, 1.82) is 0 Å². The van der Waals surface area contributed by atoms with Crippen molar-refractivity contribution in [3.05, 3.63) is 24.3 Å². The quantitative estimate of drug-likeness (QED) is 0.836. The molecule has 2 atom stereocenters. The highest BCUT2D eigenvalue weighted by Gasteiger charge is 2.36. The first-order valence-electron chi connectivity index (χ1n) is 6.82. The summed E-state index contributed by atoms with van der Waals surface area (Å²) in [6.45, 7) is 2.39. The molecule has 1 aliphatic carbocycles. The minimum Gasteiger partial charge on any atom is -0.485 e. The van der Waals surface area contributed by atoms with E-state index >= 15 is 0 Å². The molecule has 1 heterocycles. The van der Waals surface area contributed by atoms with Crippen LogP contribution in [-0.4, -0.2) is 36.6 Å². The van der Waals surface area contributed by atoms with Gasteiger partial charge in [0.15, 0.2) is 11.5 Å². The van der Waals surface area contributed by atoms with E-state index in [0.29, 0.717) is 17.4 Å². The fraction of sp³-hybridized carbons (Fsp3) is 0.533. The van der Waals surface area contributed by atoms with Gasteiger partial charge in [0.05, 0.1) is 0 Å². The second-order valence-corrected chi connectivity index (χ2v) is 5.39. The monoisotopic (exact) mass is 261 g/mol. The zero-order valence-electron chi connectivity index (χ0n) is 11.3. The van der Waals surface area contributed by atoms with Crippen molar-refractivity contribution in [3.63, 3.8) is 0 Å². The predicted octanol–water partition coefficient (Wildman–Crippen LogP) is 2.08. The van der Waals surface area contributed by atoms with E-state index in [1.807, 2.05) is 31.3 Å². The molecule has 0 spiro atoms. The summed E-state index contributed by atoms with van der Waals surface area (Å²) in [4.78, 5) is 14.2. The van der Waals surface area contributed by atoms with Crippen molar-refractivity contribution in [3.8, 4) is 11.5 Å². The lowest BCUT2D eigenvalue weighted by Crippen LogP contribution is -2.48. The Bertz CT molecular complexity index is 484. The van der Waals surface area contributed by atoms with Crippen LogP contribution in [0.4, 0.5) is 0 Å². The van der Waals surface area contributed by atoms with Crippen LogP contribution in [0.5, 0.6) is 11.5 Å². The molecule has 1 fully saturated rings. The number of amides is 1. The molecular weight excluding hydrogens is 242 g/mol.